The van der Waals surface area contributed by atoms with Gasteiger partial charge in [0.25, 0.3) is 5.78 Å². The van der Waals surface area contributed by atoms with E-state index in [-0.39, 0.29) is 17.6 Å². The van der Waals surface area contributed by atoms with Crippen molar-refractivity contribution in [2.24, 2.45) is 0 Å². The number of carbonyl (C=O) groups is 3. The number of nitrogens with one attached hydrogen (secondary N) is 1. The predicted octanol–water partition coefficient (Wildman–Crippen LogP) is -1.71. The second-order valence-electron chi connectivity index (χ2n) is 3.99. The van der Waals surface area contributed by atoms with Gasteiger partial charge in [-0.05, 0) is 0 Å². The number of hydrogen-bond acceptors (Lipinski definition) is 4. The Morgan fingerprint density at radius 2 is 1.73 bits per heavy atom. The Morgan fingerprint density at radius 1 is 1.20 bits per heavy atom. The molecule has 0 saturated carbocycles. The highest BCUT2D eigenvalue weighted by Crippen LogP contribution is 1.96. The van der Waals surface area contributed by atoms with Crippen LogP contribution in [0.25, 0.3) is 0 Å². The van der Waals surface area contributed by atoms with Gasteiger partial charge in [-0.3, -0.25) is 14.1 Å². The Hall–Kier alpha value is -1.27. The number of amides is 2. The molecule has 0 aromatic carbocycles. The van der Waals surface area contributed by atoms with Crippen molar-refractivity contribution in [3.05, 3.63) is 0 Å². The van der Waals surface area contributed by atoms with Crippen LogP contribution in [0.1, 0.15) is 6.42 Å². The molecule has 2 N–H and O–H groups in total. The van der Waals surface area contributed by atoms with E-state index in [0.717, 1.165) is 0 Å². The number of likely N-dealkylation sites (N-methyl/N-ethyl adjacent to an activating group) is 1. The summed E-state index contributed by atoms with van der Waals surface area (Å²) in [5, 5.41) is 10.7. The van der Waals surface area contributed by atoms with Gasteiger partial charge < -0.3 is 10.4 Å². The largest absolute Gasteiger partial charge is 0.395 e. The average Bonchev–Trinajstić information content (AvgIpc) is 2.11. The van der Waals surface area contributed by atoms with E-state index in [1.54, 1.807) is 21.1 Å². The highest BCUT2D eigenvalue weighted by Gasteiger charge is 2.30. The number of quaternary nitrogens is 1. The van der Waals surface area contributed by atoms with Gasteiger partial charge in [-0.15, -0.1) is 0 Å². The number of carbonyl (C=O) groups excluding carboxylic acids is 3. The van der Waals surface area contributed by atoms with Crippen LogP contribution in [-0.4, -0.2) is 61.5 Å². The first-order chi connectivity index (χ1) is 6.79. The summed E-state index contributed by atoms with van der Waals surface area (Å²) in [5.74, 6) is -1.89. The van der Waals surface area contributed by atoms with Crippen LogP contribution >= 0.6 is 0 Å². The van der Waals surface area contributed by atoms with E-state index >= 15 is 0 Å². The molecule has 0 fully saturated rings. The summed E-state index contributed by atoms with van der Waals surface area (Å²) in [4.78, 5) is 33.7. The standard InChI is InChI=1S/C9H16N2O4/c1-11(2,3)9(15)7(13)6-8(14)10-4-5-12/h12H,4-6H2,1-3H3/p+1. The Balaban J connectivity index is 4.15. The zero-order valence-electron chi connectivity index (χ0n) is 9.24. The monoisotopic (exact) mass is 217 g/mol. The minimum Gasteiger partial charge on any atom is -0.395 e. The molecule has 6 heteroatoms. The van der Waals surface area contributed by atoms with Crippen molar-refractivity contribution < 1.29 is 24.0 Å². The van der Waals surface area contributed by atoms with Gasteiger partial charge in [0, 0.05) is 6.54 Å². The fraction of sp³-hybridized carbons (Fsp3) is 0.667. The maximum Gasteiger partial charge on any atom is 0.381 e. The molecule has 0 aliphatic carbocycles. The summed E-state index contributed by atoms with van der Waals surface area (Å²) in [6.07, 6.45) is -0.464. The van der Waals surface area contributed by atoms with Crippen LogP contribution < -0.4 is 5.32 Å². The number of ketones is 1. The lowest BCUT2D eigenvalue weighted by Crippen LogP contribution is -2.46. The Labute approximate surface area is 88.5 Å². The van der Waals surface area contributed by atoms with Crippen LogP contribution in [0.5, 0.6) is 0 Å². The third-order valence-corrected chi connectivity index (χ3v) is 1.60. The highest BCUT2D eigenvalue weighted by molar-refractivity contribution is 6.36. The van der Waals surface area contributed by atoms with E-state index in [1.807, 2.05) is 0 Å². The molecule has 0 radical (unpaired) electrons. The van der Waals surface area contributed by atoms with E-state index in [0.29, 0.717) is 0 Å². The molecule has 0 aliphatic heterocycles. The van der Waals surface area contributed by atoms with Crippen molar-refractivity contribution in [1.82, 2.24) is 5.32 Å². The molecule has 15 heavy (non-hydrogen) atoms. The molecule has 0 aromatic rings. The van der Waals surface area contributed by atoms with Gasteiger partial charge in [0.1, 0.15) is 0 Å². The lowest BCUT2D eigenvalue weighted by atomic mass is 10.2. The van der Waals surface area contributed by atoms with Crippen molar-refractivity contribution in [1.29, 1.82) is 0 Å². The number of nitrogens with zero attached hydrogens (tertiary/aromatic N) is 1. The van der Waals surface area contributed by atoms with Gasteiger partial charge >= 0.3 is 5.91 Å². The van der Waals surface area contributed by atoms with Gasteiger partial charge in [-0.2, -0.15) is 0 Å². The number of aliphatic hydroxyl groups excluding tert-OH is 1. The summed E-state index contributed by atoms with van der Waals surface area (Å²) in [6, 6.07) is 0. The summed E-state index contributed by atoms with van der Waals surface area (Å²) < 4.78 is -0.133. The topological polar surface area (TPSA) is 83.5 Å². The molecule has 0 atom stereocenters. The third kappa shape index (κ3) is 5.24. The predicted molar refractivity (Wildman–Crippen MR) is 52.8 cm³/mol. The lowest BCUT2D eigenvalue weighted by molar-refractivity contribution is -0.788. The van der Waals surface area contributed by atoms with Crippen LogP contribution in [0.15, 0.2) is 0 Å². The molecule has 2 amide bonds. The molecule has 0 bridgehead atoms. The SMILES string of the molecule is C[N+](C)(C)C(=O)C(=O)CC(=O)NCCO. The van der Waals surface area contributed by atoms with E-state index in [2.05, 4.69) is 5.32 Å². The summed E-state index contributed by atoms with van der Waals surface area (Å²) in [7, 11) is 4.68. The fourth-order valence-corrected chi connectivity index (χ4v) is 0.853. The number of hydrogen-bond donors (Lipinski definition) is 2. The molecular weight excluding hydrogens is 200 g/mol. The zero-order chi connectivity index (χ0) is 12.1. The van der Waals surface area contributed by atoms with Crippen LogP contribution in [0.3, 0.4) is 0 Å². The maximum absolute atomic E-state index is 11.4. The van der Waals surface area contributed by atoms with Gasteiger partial charge in [0.2, 0.25) is 5.91 Å². The lowest BCUT2D eigenvalue weighted by Gasteiger charge is -2.19. The van der Waals surface area contributed by atoms with Crippen LogP contribution in [-0.2, 0) is 14.4 Å². The third-order valence-electron chi connectivity index (χ3n) is 1.60. The smallest absolute Gasteiger partial charge is 0.381 e. The summed E-state index contributed by atoms with van der Waals surface area (Å²) >= 11 is 0. The molecule has 6 nitrogen and oxygen atoms in total. The molecule has 0 spiro atoms. The Bertz CT molecular complexity index is 268. The van der Waals surface area contributed by atoms with Gasteiger partial charge in [0.15, 0.2) is 0 Å². The normalized spacial score (nSPS) is 10.9. The van der Waals surface area contributed by atoms with Crippen LogP contribution in [0.2, 0.25) is 0 Å². The van der Waals surface area contributed by atoms with E-state index < -0.39 is 24.0 Å². The van der Waals surface area contributed by atoms with Crippen molar-refractivity contribution in [3.63, 3.8) is 0 Å². The van der Waals surface area contributed by atoms with Gasteiger partial charge in [0.05, 0.1) is 34.2 Å². The van der Waals surface area contributed by atoms with Crippen molar-refractivity contribution >= 4 is 17.6 Å². The van der Waals surface area contributed by atoms with Gasteiger partial charge in [-0.1, -0.05) is 0 Å². The molecule has 0 heterocycles. The van der Waals surface area contributed by atoms with E-state index in [4.69, 9.17) is 5.11 Å². The van der Waals surface area contributed by atoms with Crippen molar-refractivity contribution in [3.8, 4) is 0 Å². The highest BCUT2D eigenvalue weighted by atomic mass is 16.3. The Kier molecular flexibility index (Phi) is 5.10. The second kappa shape index (κ2) is 5.57. The van der Waals surface area contributed by atoms with Crippen molar-refractivity contribution in [2.75, 3.05) is 34.3 Å². The van der Waals surface area contributed by atoms with Crippen LogP contribution in [0, 0.1) is 0 Å². The van der Waals surface area contributed by atoms with Crippen molar-refractivity contribution in [2.45, 2.75) is 6.42 Å². The quantitative estimate of drug-likeness (QED) is 0.326. The first-order valence-electron chi connectivity index (χ1n) is 4.55. The molecule has 0 rings (SSSR count). The molecular formula is C9H17N2O4+. The second-order valence-corrected chi connectivity index (χ2v) is 3.99. The Morgan fingerprint density at radius 3 is 2.13 bits per heavy atom. The first-order valence-corrected chi connectivity index (χ1v) is 4.55. The molecule has 0 aromatic heterocycles. The first kappa shape index (κ1) is 13.7. The summed E-state index contributed by atoms with van der Waals surface area (Å²) in [6.45, 7) is -0.103. The average molecular weight is 217 g/mol. The van der Waals surface area contributed by atoms with Crippen LogP contribution in [0.4, 0.5) is 0 Å². The number of rotatable bonds is 5. The maximum atomic E-state index is 11.4. The minimum absolute atomic E-state index is 0.0880. The van der Waals surface area contributed by atoms with E-state index in [9.17, 15) is 14.4 Å². The molecule has 86 valence electrons. The number of aliphatic hydroxyl groups is 1. The fourth-order valence-electron chi connectivity index (χ4n) is 0.853. The van der Waals surface area contributed by atoms with E-state index in [1.165, 1.54) is 0 Å². The van der Waals surface area contributed by atoms with Gasteiger partial charge in [-0.25, -0.2) is 4.79 Å². The summed E-state index contributed by atoms with van der Waals surface area (Å²) in [5.41, 5.74) is 0. The molecule has 0 saturated heterocycles. The molecule has 0 unspecified atom stereocenters. The number of Topliss-reactive ketones (excluding diaryl/α,β-unsaturated/α-hetero) is 1. The zero-order valence-corrected chi connectivity index (χ0v) is 9.24. The molecule has 0 aliphatic rings. The minimum atomic E-state index is -0.724.